The second-order valence-electron chi connectivity index (χ2n) is 8.91. The van der Waals surface area contributed by atoms with Gasteiger partial charge in [-0.1, -0.05) is 53.9 Å². The number of rotatable bonds is 4. The van der Waals surface area contributed by atoms with E-state index < -0.39 is 0 Å². The van der Waals surface area contributed by atoms with E-state index >= 15 is 0 Å². The number of carbonyl (C=O) groups excluding carboxylic acids is 1. The van der Waals surface area contributed by atoms with E-state index in [4.69, 9.17) is 39.9 Å². The Morgan fingerprint density at radius 1 is 1.00 bits per heavy atom. The Bertz CT molecular complexity index is 1020. The summed E-state index contributed by atoms with van der Waals surface area (Å²) in [6.45, 7) is 3.89. The Labute approximate surface area is 227 Å². The topological polar surface area (TPSA) is 44.7 Å². The van der Waals surface area contributed by atoms with Crippen LogP contribution in [-0.2, 0) is 4.79 Å². The quantitative estimate of drug-likeness (QED) is 0.421. The highest BCUT2D eigenvalue weighted by molar-refractivity contribution is 6.40. The monoisotopic (exact) mass is 620 g/mol. The summed E-state index contributed by atoms with van der Waals surface area (Å²) in [6, 6.07) is 12.8. The van der Waals surface area contributed by atoms with Gasteiger partial charge in [0.25, 0.3) is 0 Å². The first-order valence-corrected chi connectivity index (χ1v) is 12.2. The maximum Gasteiger partial charge on any atom is 0.312 e. The van der Waals surface area contributed by atoms with Gasteiger partial charge in [-0.05, 0) is 61.6 Å². The van der Waals surface area contributed by atoms with Gasteiger partial charge in [0.15, 0.2) is 0 Å². The fourth-order valence-corrected chi connectivity index (χ4v) is 5.27. The molecule has 0 saturated carbocycles. The Hall–Kier alpha value is -1.06. The van der Waals surface area contributed by atoms with Crippen LogP contribution in [0.2, 0.25) is 15.1 Å². The van der Waals surface area contributed by atoms with E-state index in [-0.39, 0.29) is 41.8 Å². The number of quaternary nitrogens is 1. The molecule has 4 rings (SSSR count). The molecule has 178 valence electrons. The predicted octanol–water partition coefficient (Wildman–Crippen LogP) is 3.26. The lowest BCUT2D eigenvalue weighted by atomic mass is 9.91. The number of halogens is 4. The van der Waals surface area contributed by atoms with Crippen molar-refractivity contribution in [2.45, 2.75) is 38.6 Å². The van der Waals surface area contributed by atoms with Crippen molar-refractivity contribution in [3.05, 3.63) is 63.1 Å². The first kappa shape index (κ1) is 26.5. The van der Waals surface area contributed by atoms with E-state index in [0.717, 1.165) is 31.5 Å². The number of anilines is 1. The van der Waals surface area contributed by atoms with Crippen molar-refractivity contribution in [2.75, 3.05) is 25.1 Å². The minimum atomic E-state index is -0.193. The normalized spacial score (nSPS) is 22.2. The van der Waals surface area contributed by atoms with E-state index in [2.05, 4.69) is 12.5 Å². The summed E-state index contributed by atoms with van der Waals surface area (Å²) >= 11 is 18.8. The Morgan fingerprint density at radius 2 is 1.61 bits per heavy atom. The Morgan fingerprint density at radius 3 is 2.21 bits per heavy atom. The molecular formula is C24H28Cl3IN4O. The molecule has 0 aliphatic carbocycles. The highest BCUT2D eigenvalue weighted by atomic mass is 127. The lowest BCUT2D eigenvalue weighted by Gasteiger charge is -2.32. The number of likely N-dealkylation sites (tertiary alicyclic amines) is 1. The second-order valence-corrected chi connectivity index (χ2v) is 10.2. The maximum atomic E-state index is 13.4. The molecule has 9 heteroatoms. The summed E-state index contributed by atoms with van der Waals surface area (Å²) in [5.41, 5.74) is 5.47. The van der Waals surface area contributed by atoms with E-state index in [1.807, 2.05) is 42.3 Å². The fraction of sp³-hybridized carbons (Fsp3) is 0.417. The van der Waals surface area contributed by atoms with Gasteiger partial charge < -0.3 is 24.0 Å². The zero-order chi connectivity index (χ0) is 22.9. The van der Waals surface area contributed by atoms with Crippen LogP contribution in [-0.4, -0.2) is 36.3 Å². The van der Waals surface area contributed by atoms with Crippen molar-refractivity contribution in [3.63, 3.8) is 0 Å². The van der Waals surface area contributed by atoms with Crippen molar-refractivity contribution >= 4 is 52.1 Å². The molecule has 1 fully saturated rings. The largest absolute Gasteiger partial charge is 1.00 e. The molecule has 33 heavy (non-hydrogen) atoms. The predicted molar refractivity (Wildman–Crippen MR) is 132 cm³/mol. The lowest BCUT2D eigenvalue weighted by Crippen LogP contribution is -3.00. The average molecular weight is 622 g/mol. The number of nitrogens with one attached hydrogen (secondary N) is 1. The first-order valence-electron chi connectivity index (χ1n) is 11.0. The molecule has 5 nitrogen and oxygen atoms in total. The molecule has 2 aliphatic rings. The van der Waals surface area contributed by atoms with Crippen LogP contribution in [0.25, 0.3) is 0 Å². The van der Waals surface area contributed by atoms with E-state index in [1.165, 1.54) is 12.8 Å². The van der Waals surface area contributed by atoms with Crippen LogP contribution in [0.4, 0.5) is 5.69 Å². The average Bonchev–Trinajstić information content (AvgIpc) is 2.93. The van der Waals surface area contributed by atoms with Gasteiger partial charge in [-0.2, -0.15) is 10.5 Å². The molecule has 1 N–H and O–H groups in total. The zero-order valence-corrected chi connectivity index (χ0v) is 23.1. The molecule has 0 unspecified atom stereocenters. The van der Waals surface area contributed by atoms with E-state index in [1.54, 1.807) is 12.1 Å². The van der Waals surface area contributed by atoms with Crippen LogP contribution < -0.4 is 34.4 Å². The highest BCUT2D eigenvalue weighted by Crippen LogP contribution is 2.42. The van der Waals surface area contributed by atoms with Crippen molar-refractivity contribution < 1.29 is 33.4 Å². The van der Waals surface area contributed by atoms with Crippen LogP contribution in [0.5, 0.6) is 0 Å². The molecular weight excluding hydrogens is 594 g/mol. The van der Waals surface area contributed by atoms with Gasteiger partial charge >= 0.3 is 5.91 Å². The second kappa shape index (κ2) is 11.1. The van der Waals surface area contributed by atoms with Crippen LogP contribution >= 0.6 is 34.8 Å². The molecule has 0 radical (unpaired) electrons. The molecule has 1 amide bonds. The molecule has 2 aromatic rings. The summed E-state index contributed by atoms with van der Waals surface area (Å²) in [5.74, 6) is -0.282. The third kappa shape index (κ3) is 5.96. The molecule has 2 aromatic carbocycles. The molecule has 2 atom stereocenters. The molecule has 0 bridgehead atoms. The highest BCUT2D eigenvalue weighted by Gasteiger charge is 2.42. The van der Waals surface area contributed by atoms with Gasteiger partial charge in [-0.25, -0.2) is 4.59 Å². The van der Waals surface area contributed by atoms with Crippen LogP contribution in [0.1, 0.15) is 44.2 Å². The maximum absolute atomic E-state index is 13.4. The van der Waals surface area contributed by atoms with E-state index in [0.29, 0.717) is 31.1 Å². The SMILES string of the molecule is C[C@H]1C(C(=O)N[N+]2(C)CCCCCC2)=NN(c2ccc(Cl)cc2Cl)[C@H]1c1ccc(Cl)cc1.[I-]. The number of amides is 1. The molecule has 0 aromatic heterocycles. The van der Waals surface area contributed by atoms with Gasteiger partial charge in [0.1, 0.15) is 18.8 Å². The first-order chi connectivity index (χ1) is 15.3. The fourth-order valence-electron chi connectivity index (χ4n) is 4.64. The number of benzene rings is 2. The molecule has 2 heterocycles. The minimum absolute atomic E-state index is 0. The van der Waals surface area contributed by atoms with Crippen molar-refractivity contribution in [3.8, 4) is 0 Å². The summed E-state index contributed by atoms with van der Waals surface area (Å²) in [5, 5.41) is 8.33. The standard InChI is InChI=1S/C24H27Cl3N4O.HI/c1-16-22(24(32)29-31(2)13-5-3-4-6-14-31)28-30(21-12-11-19(26)15-20(21)27)23(16)17-7-9-18(25)10-8-17;/h7-12,15-16,23H,3-6,13-14H2,1-2H3;1H/t16-,23+;/m0./s1. The smallest absolute Gasteiger partial charge is 0.312 e. The summed E-state index contributed by atoms with van der Waals surface area (Å²) in [4.78, 5) is 13.4. The van der Waals surface area contributed by atoms with Crippen molar-refractivity contribution in [1.29, 1.82) is 0 Å². The molecule has 1 saturated heterocycles. The third-order valence-electron chi connectivity index (χ3n) is 6.41. The van der Waals surface area contributed by atoms with Crippen LogP contribution in [0.15, 0.2) is 47.6 Å². The van der Waals surface area contributed by atoms with Crippen LogP contribution in [0, 0.1) is 5.92 Å². The molecule has 0 spiro atoms. The molecule has 2 aliphatic heterocycles. The zero-order valence-electron chi connectivity index (χ0n) is 18.7. The number of carbonyl (C=O) groups is 1. The van der Waals surface area contributed by atoms with Crippen molar-refractivity contribution in [1.82, 2.24) is 5.43 Å². The van der Waals surface area contributed by atoms with E-state index in [9.17, 15) is 4.79 Å². The van der Waals surface area contributed by atoms with Gasteiger partial charge in [-0.15, -0.1) is 0 Å². The summed E-state index contributed by atoms with van der Waals surface area (Å²) in [7, 11) is 2.09. The van der Waals surface area contributed by atoms with Gasteiger partial charge in [0.05, 0.1) is 23.8 Å². The number of nitrogens with zero attached hydrogens (tertiary/aromatic N) is 3. The lowest BCUT2D eigenvalue weighted by molar-refractivity contribution is -0.942. The third-order valence-corrected chi connectivity index (χ3v) is 7.20. The minimum Gasteiger partial charge on any atom is -1.00 e. The van der Waals surface area contributed by atoms with Crippen LogP contribution in [0.3, 0.4) is 0 Å². The number of hydrogen-bond acceptors (Lipinski definition) is 3. The number of hydrazone groups is 1. The summed E-state index contributed by atoms with van der Waals surface area (Å²) in [6.07, 6.45) is 4.64. The van der Waals surface area contributed by atoms with Crippen molar-refractivity contribution in [2.24, 2.45) is 11.0 Å². The summed E-state index contributed by atoms with van der Waals surface area (Å²) < 4.78 is 0.540. The van der Waals surface area contributed by atoms with Gasteiger partial charge in [0, 0.05) is 16.0 Å². The Balaban J connectivity index is 0.00000306. The number of hydrogen-bond donors (Lipinski definition) is 1. The van der Waals surface area contributed by atoms with Gasteiger partial charge in [-0.3, -0.25) is 9.80 Å². The van der Waals surface area contributed by atoms with Gasteiger partial charge in [0.2, 0.25) is 0 Å². The Kier molecular flexibility index (Phi) is 8.94.